The Kier molecular flexibility index (Phi) is 6.07. The highest BCUT2D eigenvalue weighted by molar-refractivity contribution is 7.89. The fourth-order valence-corrected chi connectivity index (χ4v) is 4.95. The van der Waals surface area contributed by atoms with E-state index in [2.05, 4.69) is 4.90 Å². The molecule has 3 rings (SSSR count). The summed E-state index contributed by atoms with van der Waals surface area (Å²) in [4.78, 5) is 2.71. The molecule has 0 aromatic heterocycles. The molecule has 7 heteroatoms. The number of benzene rings is 1. The summed E-state index contributed by atoms with van der Waals surface area (Å²) in [7, 11) is -3.45. The van der Waals surface area contributed by atoms with Gasteiger partial charge in [-0.05, 0) is 56.0 Å². The molecule has 0 atom stereocenters. The van der Waals surface area contributed by atoms with Gasteiger partial charge in [-0.1, -0.05) is 0 Å². The smallest absolute Gasteiger partial charge is 0.243 e. The number of hydrogen-bond donors (Lipinski definition) is 0. The Morgan fingerprint density at radius 2 is 1.72 bits per heavy atom. The Morgan fingerprint density at radius 3 is 2.32 bits per heavy atom. The number of ether oxygens (including phenoxy) is 1. The lowest BCUT2D eigenvalue weighted by Gasteiger charge is -2.33. The molecule has 2 aliphatic heterocycles. The van der Waals surface area contributed by atoms with Crippen molar-refractivity contribution in [1.29, 1.82) is 5.26 Å². The summed E-state index contributed by atoms with van der Waals surface area (Å²) in [5, 5.41) is 8.83. The van der Waals surface area contributed by atoms with Crippen molar-refractivity contribution >= 4 is 10.0 Å². The van der Waals surface area contributed by atoms with Crippen LogP contribution in [0.15, 0.2) is 29.2 Å². The predicted molar refractivity (Wildman–Crippen MR) is 94.5 cm³/mol. The summed E-state index contributed by atoms with van der Waals surface area (Å²) in [5.41, 5.74) is 0.473. The van der Waals surface area contributed by atoms with Crippen molar-refractivity contribution in [3.05, 3.63) is 29.8 Å². The van der Waals surface area contributed by atoms with Crippen molar-refractivity contribution in [3.8, 4) is 6.07 Å². The maximum absolute atomic E-state index is 12.7. The molecular weight excluding hydrogens is 338 g/mol. The quantitative estimate of drug-likeness (QED) is 0.796. The summed E-state index contributed by atoms with van der Waals surface area (Å²) < 4.78 is 32.4. The molecule has 0 radical (unpaired) electrons. The maximum Gasteiger partial charge on any atom is 0.243 e. The van der Waals surface area contributed by atoms with E-state index in [4.69, 9.17) is 10.00 Å². The van der Waals surface area contributed by atoms with Crippen molar-refractivity contribution in [2.75, 3.05) is 45.9 Å². The topological polar surface area (TPSA) is 73.6 Å². The monoisotopic (exact) mass is 363 g/mol. The van der Waals surface area contributed by atoms with Gasteiger partial charge in [0, 0.05) is 26.2 Å². The van der Waals surface area contributed by atoms with Gasteiger partial charge < -0.3 is 4.74 Å². The predicted octanol–water partition coefficient (Wildman–Crippen LogP) is 1.68. The lowest BCUT2D eigenvalue weighted by molar-refractivity contribution is 0.0343. The average Bonchev–Trinajstić information content (AvgIpc) is 2.67. The standard InChI is InChI=1S/C18H25N3O3S/c19-15-17-1-3-18(4-2-17)25(22,23)21-9-6-16(7-10-21)5-8-20-11-13-24-14-12-20/h1-4,16H,5-14H2. The molecule has 0 bridgehead atoms. The van der Waals surface area contributed by atoms with Crippen LogP contribution in [0, 0.1) is 17.2 Å². The summed E-state index contributed by atoms with van der Waals surface area (Å²) in [5.74, 6) is 0.593. The molecule has 2 fully saturated rings. The molecular formula is C18H25N3O3S. The SMILES string of the molecule is N#Cc1ccc(S(=O)(=O)N2CCC(CCN3CCOCC3)CC2)cc1. The molecule has 0 N–H and O–H groups in total. The summed E-state index contributed by atoms with van der Waals surface area (Å²) in [6.07, 6.45) is 2.96. The minimum absolute atomic E-state index is 0.276. The van der Waals surface area contributed by atoms with Gasteiger partial charge in [0.15, 0.2) is 0 Å². The molecule has 0 spiro atoms. The van der Waals surface area contributed by atoms with Crippen LogP contribution >= 0.6 is 0 Å². The first-order chi connectivity index (χ1) is 12.1. The zero-order valence-electron chi connectivity index (χ0n) is 14.4. The number of morpholine rings is 1. The van der Waals surface area contributed by atoms with Crippen LogP contribution in [0.3, 0.4) is 0 Å². The highest BCUT2D eigenvalue weighted by Crippen LogP contribution is 2.26. The largest absolute Gasteiger partial charge is 0.379 e. The van der Waals surface area contributed by atoms with Gasteiger partial charge in [-0.15, -0.1) is 0 Å². The van der Waals surface area contributed by atoms with E-state index in [-0.39, 0.29) is 4.90 Å². The minimum atomic E-state index is -3.45. The van der Waals surface area contributed by atoms with Crippen LogP contribution in [0.25, 0.3) is 0 Å². The molecule has 2 saturated heterocycles. The van der Waals surface area contributed by atoms with Gasteiger partial charge >= 0.3 is 0 Å². The van der Waals surface area contributed by atoms with Crippen LogP contribution in [-0.2, 0) is 14.8 Å². The molecule has 6 nitrogen and oxygen atoms in total. The first-order valence-corrected chi connectivity index (χ1v) is 10.3. The Hall–Kier alpha value is -1.46. The molecule has 0 unspecified atom stereocenters. The van der Waals surface area contributed by atoms with Gasteiger partial charge in [0.05, 0.1) is 29.7 Å². The Morgan fingerprint density at radius 1 is 1.08 bits per heavy atom. The van der Waals surface area contributed by atoms with Crippen molar-refractivity contribution < 1.29 is 13.2 Å². The van der Waals surface area contributed by atoms with E-state index in [1.54, 1.807) is 16.4 Å². The van der Waals surface area contributed by atoms with Crippen LogP contribution in [0.4, 0.5) is 0 Å². The third kappa shape index (κ3) is 4.59. The van der Waals surface area contributed by atoms with Gasteiger partial charge in [0.25, 0.3) is 0 Å². The average molecular weight is 363 g/mol. The fraction of sp³-hybridized carbons (Fsp3) is 0.611. The number of sulfonamides is 1. The van der Waals surface area contributed by atoms with Gasteiger partial charge in [0.1, 0.15) is 0 Å². The number of nitriles is 1. The van der Waals surface area contributed by atoms with E-state index in [0.717, 1.165) is 52.1 Å². The van der Waals surface area contributed by atoms with E-state index in [1.807, 2.05) is 6.07 Å². The summed E-state index contributed by atoms with van der Waals surface area (Å²) in [6.45, 7) is 5.89. The zero-order valence-corrected chi connectivity index (χ0v) is 15.2. The first-order valence-electron chi connectivity index (χ1n) is 8.90. The molecule has 2 aliphatic rings. The summed E-state index contributed by atoms with van der Waals surface area (Å²) >= 11 is 0. The molecule has 25 heavy (non-hydrogen) atoms. The molecule has 0 amide bonds. The second kappa shape index (κ2) is 8.28. The van der Waals surface area contributed by atoms with Crippen molar-refractivity contribution in [2.45, 2.75) is 24.2 Å². The Balaban J connectivity index is 1.51. The van der Waals surface area contributed by atoms with Crippen LogP contribution < -0.4 is 0 Å². The minimum Gasteiger partial charge on any atom is -0.379 e. The van der Waals surface area contributed by atoms with Gasteiger partial charge in [-0.3, -0.25) is 4.90 Å². The Bertz CT molecular complexity index is 698. The molecule has 2 heterocycles. The molecule has 136 valence electrons. The van der Waals surface area contributed by atoms with Crippen LogP contribution in [0.1, 0.15) is 24.8 Å². The lowest BCUT2D eigenvalue weighted by Crippen LogP contribution is -2.40. The van der Waals surface area contributed by atoms with E-state index < -0.39 is 10.0 Å². The van der Waals surface area contributed by atoms with Gasteiger partial charge in [-0.2, -0.15) is 9.57 Å². The van der Waals surface area contributed by atoms with Crippen molar-refractivity contribution in [2.24, 2.45) is 5.92 Å². The maximum atomic E-state index is 12.7. The molecule has 1 aromatic carbocycles. The van der Waals surface area contributed by atoms with Crippen molar-refractivity contribution in [3.63, 3.8) is 0 Å². The van der Waals surface area contributed by atoms with E-state index in [1.165, 1.54) is 12.1 Å². The number of hydrogen-bond acceptors (Lipinski definition) is 5. The number of nitrogens with zero attached hydrogens (tertiary/aromatic N) is 3. The highest BCUT2D eigenvalue weighted by Gasteiger charge is 2.29. The van der Waals surface area contributed by atoms with Gasteiger partial charge in [-0.25, -0.2) is 8.42 Å². The second-order valence-corrected chi connectivity index (χ2v) is 8.66. The van der Waals surface area contributed by atoms with Gasteiger partial charge in [0.2, 0.25) is 10.0 Å². The normalized spacial score (nSPS) is 21.1. The number of piperidine rings is 1. The number of rotatable bonds is 5. The van der Waals surface area contributed by atoms with E-state index in [0.29, 0.717) is 24.6 Å². The van der Waals surface area contributed by atoms with E-state index in [9.17, 15) is 8.42 Å². The van der Waals surface area contributed by atoms with Crippen LogP contribution in [0.5, 0.6) is 0 Å². The molecule has 0 aliphatic carbocycles. The first kappa shape index (κ1) is 18.3. The third-order valence-corrected chi connectivity index (χ3v) is 7.06. The van der Waals surface area contributed by atoms with Crippen LogP contribution in [0.2, 0.25) is 0 Å². The Labute approximate surface area is 150 Å². The van der Waals surface area contributed by atoms with E-state index >= 15 is 0 Å². The molecule has 0 saturated carbocycles. The third-order valence-electron chi connectivity index (χ3n) is 5.15. The highest BCUT2D eigenvalue weighted by atomic mass is 32.2. The fourth-order valence-electron chi connectivity index (χ4n) is 3.48. The zero-order chi connectivity index (χ0) is 17.7. The summed E-state index contributed by atoms with van der Waals surface area (Å²) in [6, 6.07) is 8.18. The second-order valence-electron chi connectivity index (χ2n) is 6.73. The van der Waals surface area contributed by atoms with Crippen LogP contribution in [-0.4, -0.2) is 63.6 Å². The van der Waals surface area contributed by atoms with Crippen molar-refractivity contribution in [1.82, 2.24) is 9.21 Å². The molecule has 1 aromatic rings. The lowest BCUT2D eigenvalue weighted by atomic mass is 9.94.